The third-order valence-electron chi connectivity index (χ3n) is 6.10. The number of carbonyl (C=O) groups is 1. The first-order chi connectivity index (χ1) is 15.8. The van der Waals surface area contributed by atoms with Crippen LogP contribution < -0.4 is 19.7 Å². The molecule has 3 heterocycles. The predicted molar refractivity (Wildman–Crippen MR) is 127 cm³/mol. The number of anilines is 1. The molecule has 8 heteroatoms. The normalized spacial score (nSPS) is 19.5. The molecule has 2 aliphatic heterocycles. The van der Waals surface area contributed by atoms with Crippen molar-refractivity contribution in [2.24, 2.45) is 4.99 Å². The lowest BCUT2D eigenvalue weighted by Crippen LogP contribution is -2.42. The molecule has 0 radical (unpaired) electrons. The van der Waals surface area contributed by atoms with Gasteiger partial charge in [-0.05, 0) is 50.6 Å². The Morgan fingerprint density at radius 1 is 1.00 bits per heavy atom. The Kier molecular flexibility index (Phi) is 4.88. The fourth-order valence-corrected chi connectivity index (χ4v) is 4.63. The first kappa shape index (κ1) is 21.1. The highest BCUT2D eigenvalue weighted by molar-refractivity contribution is 6.18. The quantitative estimate of drug-likeness (QED) is 0.644. The zero-order valence-electron chi connectivity index (χ0n) is 19.4. The fraction of sp³-hybridized carbons (Fsp3) is 0.320. The van der Waals surface area contributed by atoms with E-state index in [2.05, 4.69) is 31.2 Å². The number of nitrogens with zero attached hydrogens (tertiary/aromatic N) is 4. The molecule has 1 aromatic heterocycles. The van der Waals surface area contributed by atoms with Gasteiger partial charge in [-0.25, -0.2) is 14.5 Å². The molecule has 170 valence electrons. The summed E-state index contributed by atoms with van der Waals surface area (Å²) in [5.74, 6) is 2.44. The van der Waals surface area contributed by atoms with Crippen molar-refractivity contribution in [3.05, 3.63) is 65.9 Å². The highest BCUT2D eigenvalue weighted by Gasteiger charge is 2.48. The van der Waals surface area contributed by atoms with E-state index in [-0.39, 0.29) is 23.5 Å². The molecule has 2 aliphatic rings. The van der Waals surface area contributed by atoms with Crippen LogP contribution in [0.3, 0.4) is 0 Å². The lowest BCUT2D eigenvalue weighted by molar-refractivity contribution is 0.252. The highest BCUT2D eigenvalue weighted by Crippen LogP contribution is 2.46. The third-order valence-corrected chi connectivity index (χ3v) is 6.10. The molecular formula is C25H27N5O3. The van der Waals surface area contributed by atoms with Crippen LogP contribution in [0.1, 0.15) is 37.8 Å². The van der Waals surface area contributed by atoms with Crippen molar-refractivity contribution >= 4 is 23.4 Å². The lowest BCUT2D eigenvalue weighted by atomic mass is 9.83. The van der Waals surface area contributed by atoms with Gasteiger partial charge in [-0.3, -0.25) is 10.2 Å². The van der Waals surface area contributed by atoms with Crippen LogP contribution in [0.15, 0.2) is 59.7 Å². The van der Waals surface area contributed by atoms with Gasteiger partial charge in [0.15, 0.2) is 17.3 Å². The Bertz CT molecular complexity index is 1240. The van der Waals surface area contributed by atoms with E-state index in [0.717, 1.165) is 22.6 Å². The van der Waals surface area contributed by atoms with Gasteiger partial charge in [0.2, 0.25) is 0 Å². The molecule has 5 rings (SSSR count). The summed E-state index contributed by atoms with van der Waals surface area (Å²) in [6.45, 7) is 6.25. The maximum absolute atomic E-state index is 13.2. The number of rotatable bonds is 4. The van der Waals surface area contributed by atoms with E-state index in [1.165, 1.54) is 0 Å². The molecule has 0 saturated carbocycles. The predicted octanol–water partition coefficient (Wildman–Crippen LogP) is 4.43. The van der Waals surface area contributed by atoms with Gasteiger partial charge in [-0.15, -0.1) is 0 Å². The van der Waals surface area contributed by atoms with E-state index in [9.17, 15) is 4.79 Å². The van der Waals surface area contributed by atoms with Crippen LogP contribution in [-0.4, -0.2) is 41.9 Å². The summed E-state index contributed by atoms with van der Waals surface area (Å²) < 4.78 is 12.9. The standard InChI is InChI=1S/C25H27N5O3/c1-25(2,3)30-23-17(14-26-30)20(15-11-12-18(32-4)19(13-15)33-5)21-22(27-23)28-24(31)29(21)16-9-7-6-8-10-16/h6-14,20-21H,1-5H3,(H,27,28,31)/t20-,21-/m0/s1. The summed E-state index contributed by atoms with van der Waals surface area (Å²) in [5, 5.41) is 7.69. The van der Waals surface area contributed by atoms with Crippen LogP contribution in [0.4, 0.5) is 16.3 Å². The average molecular weight is 446 g/mol. The highest BCUT2D eigenvalue weighted by atomic mass is 16.5. The third kappa shape index (κ3) is 3.33. The van der Waals surface area contributed by atoms with Gasteiger partial charge in [0.25, 0.3) is 0 Å². The summed E-state index contributed by atoms with van der Waals surface area (Å²) in [6.07, 6.45) is 1.87. The van der Waals surface area contributed by atoms with Gasteiger partial charge in [-0.1, -0.05) is 24.3 Å². The molecule has 1 fully saturated rings. The van der Waals surface area contributed by atoms with Crippen LogP contribution in [0.2, 0.25) is 0 Å². The molecule has 1 N–H and O–H groups in total. The molecule has 2 atom stereocenters. The number of methoxy groups -OCH3 is 2. The van der Waals surface area contributed by atoms with Gasteiger partial charge in [0, 0.05) is 17.2 Å². The maximum Gasteiger partial charge on any atom is 0.328 e. The van der Waals surface area contributed by atoms with Crippen LogP contribution in [0, 0.1) is 0 Å². The number of urea groups is 1. The molecule has 2 amide bonds. The number of amides is 2. The van der Waals surface area contributed by atoms with Crippen molar-refractivity contribution in [1.29, 1.82) is 0 Å². The summed E-state index contributed by atoms with van der Waals surface area (Å²) in [7, 11) is 3.24. The number of carbonyl (C=O) groups excluding carboxylic acids is 1. The van der Waals surface area contributed by atoms with Gasteiger partial charge >= 0.3 is 6.03 Å². The Morgan fingerprint density at radius 2 is 1.73 bits per heavy atom. The van der Waals surface area contributed by atoms with Gasteiger partial charge in [-0.2, -0.15) is 5.10 Å². The van der Waals surface area contributed by atoms with E-state index in [4.69, 9.17) is 14.5 Å². The molecule has 2 aromatic carbocycles. The number of benzene rings is 2. The zero-order valence-corrected chi connectivity index (χ0v) is 19.4. The van der Waals surface area contributed by atoms with Gasteiger partial charge in [0.1, 0.15) is 11.9 Å². The molecule has 8 nitrogen and oxygen atoms in total. The molecule has 0 spiro atoms. The Balaban J connectivity index is 1.73. The van der Waals surface area contributed by atoms with E-state index >= 15 is 0 Å². The van der Waals surface area contributed by atoms with Crippen molar-refractivity contribution in [3.63, 3.8) is 0 Å². The zero-order chi connectivity index (χ0) is 23.3. The van der Waals surface area contributed by atoms with Crippen molar-refractivity contribution < 1.29 is 14.3 Å². The molecule has 0 aliphatic carbocycles. The summed E-state index contributed by atoms with van der Waals surface area (Å²) in [5.41, 5.74) is 2.48. The average Bonchev–Trinajstić information content (AvgIpc) is 3.37. The number of aromatic nitrogens is 2. The second-order valence-electron chi connectivity index (χ2n) is 9.18. The first-order valence-corrected chi connectivity index (χ1v) is 10.9. The molecular weight excluding hydrogens is 418 g/mol. The topological polar surface area (TPSA) is 81.0 Å². The van der Waals surface area contributed by atoms with Crippen molar-refractivity contribution in [1.82, 2.24) is 15.1 Å². The maximum atomic E-state index is 13.2. The molecule has 3 aromatic rings. The fourth-order valence-electron chi connectivity index (χ4n) is 4.63. The Hall–Kier alpha value is -3.81. The number of ether oxygens (including phenoxy) is 2. The van der Waals surface area contributed by atoms with E-state index < -0.39 is 0 Å². The van der Waals surface area contributed by atoms with Gasteiger partial charge < -0.3 is 9.47 Å². The summed E-state index contributed by atoms with van der Waals surface area (Å²) >= 11 is 0. The minimum absolute atomic E-state index is 0.198. The van der Waals surface area contributed by atoms with Crippen LogP contribution in [0.5, 0.6) is 11.5 Å². The molecule has 0 unspecified atom stereocenters. The van der Waals surface area contributed by atoms with Crippen LogP contribution >= 0.6 is 0 Å². The number of hydrogen-bond acceptors (Lipinski definition) is 5. The SMILES string of the molecule is COc1ccc([C@H]2c3cnn(C(C)(C)C)c3N=C3NC(=O)N(c4ccccc4)[C@H]32)cc1OC. The second kappa shape index (κ2) is 7.65. The second-order valence-corrected chi connectivity index (χ2v) is 9.18. The number of aliphatic imine (C=N–C) groups is 1. The van der Waals surface area contributed by atoms with E-state index in [0.29, 0.717) is 17.3 Å². The molecule has 33 heavy (non-hydrogen) atoms. The Morgan fingerprint density at radius 3 is 2.39 bits per heavy atom. The van der Waals surface area contributed by atoms with Gasteiger partial charge in [0.05, 0.1) is 26.0 Å². The number of fused-ring (bicyclic) bond motifs is 2. The van der Waals surface area contributed by atoms with Crippen molar-refractivity contribution in [3.8, 4) is 11.5 Å². The van der Waals surface area contributed by atoms with Crippen molar-refractivity contribution in [2.45, 2.75) is 38.3 Å². The lowest BCUT2D eigenvalue weighted by Gasteiger charge is -2.33. The summed E-state index contributed by atoms with van der Waals surface area (Å²) in [4.78, 5) is 19.8. The number of nitrogens with one attached hydrogen (secondary N) is 1. The van der Waals surface area contributed by atoms with E-state index in [1.54, 1.807) is 19.1 Å². The monoisotopic (exact) mass is 445 g/mol. The van der Waals surface area contributed by atoms with Crippen LogP contribution in [-0.2, 0) is 5.54 Å². The number of amidine groups is 1. The minimum Gasteiger partial charge on any atom is -0.493 e. The smallest absolute Gasteiger partial charge is 0.328 e. The Labute approximate surface area is 192 Å². The first-order valence-electron chi connectivity index (χ1n) is 10.9. The van der Waals surface area contributed by atoms with Crippen molar-refractivity contribution in [2.75, 3.05) is 19.1 Å². The summed E-state index contributed by atoms with van der Waals surface area (Å²) in [6, 6.07) is 15.0. The number of hydrogen-bond donors (Lipinski definition) is 1. The molecule has 0 bridgehead atoms. The molecule has 1 saturated heterocycles. The minimum atomic E-state index is -0.344. The number of para-hydroxylation sites is 1. The van der Waals surface area contributed by atoms with Crippen LogP contribution in [0.25, 0.3) is 0 Å². The largest absolute Gasteiger partial charge is 0.493 e. The van der Waals surface area contributed by atoms with E-state index in [1.807, 2.05) is 59.4 Å².